The molecule has 0 aromatic heterocycles. The molecule has 2 unspecified atom stereocenters. The summed E-state index contributed by atoms with van der Waals surface area (Å²) in [5, 5.41) is 10.6. The number of aryl methyl sites for hydroxylation is 1. The molecule has 3 rings (SSSR count). The standard InChI is InChI=1S/C23H31NO4/c1-18-9-11-21(12-10-18)28-17-20(25)15-24(16-22-7-5-13-27-22)14-19-6-3-4-8-23(19)26-2/h3-4,6,8-12,20,22,25H,5,7,13-17H2,1-2H3. The number of aliphatic hydroxyl groups excluding tert-OH is 1. The first-order chi connectivity index (χ1) is 13.6. The molecule has 5 nitrogen and oxygen atoms in total. The number of nitrogens with zero attached hydrogens (tertiary/aromatic N) is 1. The average molecular weight is 386 g/mol. The van der Waals surface area contributed by atoms with Crippen LogP contribution in [-0.2, 0) is 11.3 Å². The fraction of sp³-hybridized carbons (Fsp3) is 0.478. The minimum absolute atomic E-state index is 0.222. The maximum atomic E-state index is 10.6. The van der Waals surface area contributed by atoms with E-state index in [-0.39, 0.29) is 12.7 Å². The van der Waals surface area contributed by atoms with Crippen LogP contribution in [0.2, 0.25) is 0 Å². The quantitative estimate of drug-likeness (QED) is 0.679. The van der Waals surface area contributed by atoms with Gasteiger partial charge in [0, 0.05) is 31.8 Å². The highest BCUT2D eigenvalue weighted by Crippen LogP contribution is 2.21. The summed E-state index contributed by atoms with van der Waals surface area (Å²) in [5.74, 6) is 1.64. The number of para-hydroxylation sites is 1. The van der Waals surface area contributed by atoms with Gasteiger partial charge in [-0.25, -0.2) is 0 Å². The molecule has 1 aliphatic heterocycles. The van der Waals surface area contributed by atoms with Crippen molar-refractivity contribution < 1.29 is 19.3 Å². The normalized spacial score (nSPS) is 17.6. The van der Waals surface area contributed by atoms with Crippen LogP contribution < -0.4 is 9.47 Å². The van der Waals surface area contributed by atoms with Gasteiger partial charge in [0.05, 0.1) is 13.2 Å². The molecule has 1 N–H and O–H groups in total. The molecular formula is C23H31NO4. The van der Waals surface area contributed by atoms with Gasteiger partial charge in [-0.05, 0) is 38.0 Å². The second kappa shape index (κ2) is 10.5. The number of ether oxygens (including phenoxy) is 3. The predicted octanol–water partition coefficient (Wildman–Crippen LogP) is 3.42. The largest absolute Gasteiger partial charge is 0.496 e. The zero-order chi connectivity index (χ0) is 19.8. The molecule has 0 saturated carbocycles. The molecule has 1 fully saturated rings. The van der Waals surface area contributed by atoms with Crippen molar-refractivity contribution in [2.75, 3.05) is 33.4 Å². The Morgan fingerprint density at radius 2 is 1.96 bits per heavy atom. The lowest BCUT2D eigenvalue weighted by molar-refractivity contribution is 0.0311. The average Bonchev–Trinajstić information content (AvgIpc) is 3.21. The molecule has 2 aromatic carbocycles. The molecule has 1 aliphatic rings. The van der Waals surface area contributed by atoms with Crippen LogP contribution in [0.1, 0.15) is 24.0 Å². The first-order valence-corrected chi connectivity index (χ1v) is 9.97. The topological polar surface area (TPSA) is 51.2 Å². The first-order valence-electron chi connectivity index (χ1n) is 9.97. The molecule has 0 amide bonds. The smallest absolute Gasteiger partial charge is 0.123 e. The third-order valence-electron chi connectivity index (χ3n) is 5.00. The molecular weight excluding hydrogens is 354 g/mol. The van der Waals surface area contributed by atoms with Crippen molar-refractivity contribution in [1.29, 1.82) is 0 Å². The van der Waals surface area contributed by atoms with Crippen LogP contribution in [0.15, 0.2) is 48.5 Å². The highest BCUT2D eigenvalue weighted by atomic mass is 16.5. The van der Waals surface area contributed by atoms with E-state index in [0.29, 0.717) is 13.1 Å². The number of benzene rings is 2. The van der Waals surface area contributed by atoms with E-state index in [1.54, 1.807) is 7.11 Å². The van der Waals surface area contributed by atoms with E-state index in [1.165, 1.54) is 5.56 Å². The van der Waals surface area contributed by atoms with Gasteiger partial charge in [-0.1, -0.05) is 35.9 Å². The van der Waals surface area contributed by atoms with E-state index in [1.807, 2.05) is 49.4 Å². The Morgan fingerprint density at radius 1 is 1.18 bits per heavy atom. The molecule has 28 heavy (non-hydrogen) atoms. The third kappa shape index (κ3) is 6.23. The van der Waals surface area contributed by atoms with Gasteiger partial charge in [-0.3, -0.25) is 4.90 Å². The van der Waals surface area contributed by atoms with Crippen molar-refractivity contribution in [3.63, 3.8) is 0 Å². The van der Waals surface area contributed by atoms with E-state index in [2.05, 4.69) is 11.0 Å². The molecule has 2 atom stereocenters. The molecule has 0 radical (unpaired) electrons. The Hall–Kier alpha value is -2.08. The van der Waals surface area contributed by atoms with E-state index in [9.17, 15) is 5.11 Å². The molecule has 0 spiro atoms. The van der Waals surface area contributed by atoms with Crippen LogP contribution in [0.25, 0.3) is 0 Å². The van der Waals surface area contributed by atoms with Crippen LogP contribution in [-0.4, -0.2) is 55.6 Å². The maximum absolute atomic E-state index is 10.6. The van der Waals surface area contributed by atoms with Gasteiger partial charge in [-0.2, -0.15) is 0 Å². The van der Waals surface area contributed by atoms with Crippen LogP contribution in [0, 0.1) is 6.92 Å². The van der Waals surface area contributed by atoms with Crippen LogP contribution >= 0.6 is 0 Å². The third-order valence-corrected chi connectivity index (χ3v) is 5.00. The summed E-state index contributed by atoms with van der Waals surface area (Å²) in [6.07, 6.45) is 1.81. The number of aliphatic hydroxyl groups is 1. The minimum Gasteiger partial charge on any atom is -0.496 e. The maximum Gasteiger partial charge on any atom is 0.123 e. The second-order valence-electron chi connectivity index (χ2n) is 7.42. The number of hydrogen-bond acceptors (Lipinski definition) is 5. The summed E-state index contributed by atoms with van der Waals surface area (Å²) in [5.41, 5.74) is 2.29. The van der Waals surface area contributed by atoms with Crippen LogP contribution in [0.5, 0.6) is 11.5 Å². The van der Waals surface area contributed by atoms with Crippen LogP contribution in [0.3, 0.4) is 0 Å². The molecule has 5 heteroatoms. The summed E-state index contributed by atoms with van der Waals surface area (Å²) >= 11 is 0. The minimum atomic E-state index is -0.586. The summed E-state index contributed by atoms with van der Waals surface area (Å²) in [6.45, 7) is 5.14. The van der Waals surface area contributed by atoms with Crippen molar-refractivity contribution in [3.05, 3.63) is 59.7 Å². The Kier molecular flexibility index (Phi) is 7.71. The number of methoxy groups -OCH3 is 1. The highest BCUT2D eigenvalue weighted by molar-refractivity contribution is 5.33. The fourth-order valence-corrected chi connectivity index (χ4v) is 3.53. The molecule has 1 saturated heterocycles. The summed E-state index contributed by atoms with van der Waals surface area (Å²) in [6, 6.07) is 15.9. The molecule has 1 heterocycles. The molecule has 0 bridgehead atoms. The van der Waals surface area contributed by atoms with Gasteiger partial charge in [0.2, 0.25) is 0 Å². The first kappa shape index (κ1) is 20.6. The van der Waals surface area contributed by atoms with Crippen molar-refractivity contribution in [2.24, 2.45) is 0 Å². The van der Waals surface area contributed by atoms with Gasteiger partial charge < -0.3 is 19.3 Å². The molecule has 2 aromatic rings. The summed E-state index contributed by atoms with van der Waals surface area (Å²) in [4.78, 5) is 2.23. The van der Waals surface area contributed by atoms with E-state index < -0.39 is 6.10 Å². The SMILES string of the molecule is COc1ccccc1CN(CC(O)COc1ccc(C)cc1)CC1CCCO1. The van der Waals surface area contributed by atoms with Gasteiger partial charge in [0.25, 0.3) is 0 Å². The van der Waals surface area contributed by atoms with Gasteiger partial charge in [0.1, 0.15) is 24.2 Å². The van der Waals surface area contributed by atoms with Crippen molar-refractivity contribution in [2.45, 2.75) is 38.5 Å². The van der Waals surface area contributed by atoms with Gasteiger partial charge >= 0.3 is 0 Å². The Morgan fingerprint density at radius 3 is 2.68 bits per heavy atom. The lowest BCUT2D eigenvalue weighted by atomic mass is 10.1. The summed E-state index contributed by atoms with van der Waals surface area (Å²) in [7, 11) is 1.69. The highest BCUT2D eigenvalue weighted by Gasteiger charge is 2.22. The van der Waals surface area contributed by atoms with E-state index in [0.717, 1.165) is 43.1 Å². The van der Waals surface area contributed by atoms with Crippen molar-refractivity contribution >= 4 is 0 Å². The number of hydrogen-bond donors (Lipinski definition) is 1. The lowest BCUT2D eigenvalue weighted by Crippen LogP contribution is -2.39. The second-order valence-corrected chi connectivity index (χ2v) is 7.42. The molecule has 0 aliphatic carbocycles. The van der Waals surface area contributed by atoms with Crippen LogP contribution in [0.4, 0.5) is 0 Å². The van der Waals surface area contributed by atoms with Gasteiger partial charge in [0.15, 0.2) is 0 Å². The Labute approximate surface area is 167 Å². The Bertz CT molecular complexity index is 713. The zero-order valence-corrected chi connectivity index (χ0v) is 16.8. The van der Waals surface area contributed by atoms with Crippen molar-refractivity contribution in [3.8, 4) is 11.5 Å². The fourth-order valence-electron chi connectivity index (χ4n) is 3.53. The van der Waals surface area contributed by atoms with E-state index in [4.69, 9.17) is 14.2 Å². The number of rotatable bonds is 10. The summed E-state index contributed by atoms with van der Waals surface area (Å²) < 4.78 is 17.1. The van der Waals surface area contributed by atoms with Crippen molar-refractivity contribution in [1.82, 2.24) is 4.90 Å². The molecule has 152 valence electrons. The predicted molar refractivity (Wildman–Crippen MR) is 110 cm³/mol. The monoisotopic (exact) mass is 385 g/mol. The van der Waals surface area contributed by atoms with E-state index >= 15 is 0 Å². The zero-order valence-electron chi connectivity index (χ0n) is 16.8. The van der Waals surface area contributed by atoms with Gasteiger partial charge in [-0.15, -0.1) is 0 Å². The Balaban J connectivity index is 1.59. The lowest BCUT2D eigenvalue weighted by Gasteiger charge is -2.28.